The maximum atomic E-state index is 6.11. The van der Waals surface area contributed by atoms with E-state index in [4.69, 9.17) is 27.6 Å². The van der Waals surface area contributed by atoms with Crippen LogP contribution in [0.25, 0.3) is 11.0 Å². The third kappa shape index (κ3) is 1.89. The van der Waals surface area contributed by atoms with Gasteiger partial charge < -0.3 is 8.98 Å². The lowest BCUT2D eigenvalue weighted by molar-refractivity contribution is 0.470. The van der Waals surface area contributed by atoms with Crippen LogP contribution < -0.4 is 0 Å². The van der Waals surface area contributed by atoms with Crippen LogP contribution in [-0.4, -0.2) is 9.55 Å². The van der Waals surface area contributed by atoms with E-state index in [1.165, 1.54) is 0 Å². The number of halogens is 2. The fraction of sp³-hybridized carbons (Fsp3) is 0.154. The molecule has 0 spiro atoms. The smallest absolute Gasteiger partial charge is 0.153 e. The Kier molecular flexibility index (Phi) is 2.80. The summed E-state index contributed by atoms with van der Waals surface area (Å²) >= 11 is 12.1. The third-order valence-corrected chi connectivity index (χ3v) is 3.44. The number of rotatable bonds is 2. The Morgan fingerprint density at radius 2 is 2.11 bits per heavy atom. The van der Waals surface area contributed by atoms with Crippen molar-refractivity contribution in [3.05, 3.63) is 52.7 Å². The summed E-state index contributed by atoms with van der Waals surface area (Å²) in [7, 11) is 0. The van der Waals surface area contributed by atoms with E-state index in [1.54, 1.807) is 18.6 Å². The van der Waals surface area contributed by atoms with E-state index in [1.807, 2.05) is 29.8 Å². The van der Waals surface area contributed by atoms with Crippen molar-refractivity contribution in [2.24, 2.45) is 0 Å². The molecular formula is C13H10Cl2N2O. The Balaban J connectivity index is 2.11. The lowest BCUT2D eigenvalue weighted by Gasteiger charge is -2.08. The van der Waals surface area contributed by atoms with E-state index in [2.05, 4.69) is 4.98 Å². The van der Waals surface area contributed by atoms with Gasteiger partial charge in [0.1, 0.15) is 5.76 Å². The summed E-state index contributed by atoms with van der Waals surface area (Å²) in [6.45, 7) is 2.04. The van der Waals surface area contributed by atoms with Crippen molar-refractivity contribution < 1.29 is 4.42 Å². The molecule has 3 rings (SSSR count). The first-order chi connectivity index (χ1) is 8.65. The molecule has 0 N–H and O–H groups in total. The summed E-state index contributed by atoms with van der Waals surface area (Å²) in [5.41, 5.74) is 0.669. The number of nitrogens with zero attached hydrogens (tertiary/aromatic N) is 2. The van der Waals surface area contributed by atoms with Crippen molar-refractivity contribution in [3.8, 4) is 0 Å². The lowest BCUT2D eigenvalue weighted by atomic mass is 10.2. The normalized spacial score (nSPS) is 13.1. The number of hydrogen-bond acceptors (Lipinski definition) is 2. The standard InChI is InChI=1S/C13H10Cl2N2O/c1-8(17-3-2-16-7-17)12-5-9-4-10(14)6-11(15)13(9)18-12/h2-8H,1H3/t8-/m1/s1. The van der Waals surface area contributed by atoms with E-state index in [-0.39, 0.29) is 6.04 Å². The molecule has 2 heterocycles. The first kappa shape index (κ1) is 11.6. The van der Waals surface area contributed by atoms with Gasteiger partial charge in [-0.05, 0) is 25.1 Å². The van der Waals surface area contributed by atoms with Gasteiger partial charge in [0.25, 0.3) is 0 Å². The van der Waals surface area contributed by atoms with E-state index in [0.29, 0.717) is 15.6 Å². The predicted octanol–water partition coefficient (Wildman–Crippen LogP) is 4.55. The molecule has 0 radical (unpaired) electrons. The van der Waals surface area contributed by atoms with Crippen LogP contribution >= 0.6 is 23.2 Å². The average molecular weight is 281 g/mol. The van der Waals surface area contributed by atoms with E-state index in [0.717, 1.165) is 11.1 Å². The Morgan fingerprint density at radius 1 is 1.28 bits per heavy atom. The van der Waals surface area contributed by atoms with Crippen LogP contribution in [0, 0.1) is 0 Å². The van der Waals surface area contributed by atoms with Crippen LogP contribution in [0.4, 0.5) is 0 Å². The van der Waals surface area contributed by atoms with Gasteiger partial charge in [0, 0.05) is 22.8 Å². The highest BCUT2D eigenvalue weighted by atomic mass is 35.5. The van der Waals surface area contributed by atoms with Gasteiger partial charge in [-0.15, -0.1) is 0 Å². The minimum absolute atomic E-state index is 0.0646. The lowest BCUT2D eigenvalue weighted by Crippen LogP contribution is -2.02. The molecule has 5 heteroatoms. The van der Waals surface area contributed by atoms with E-state index < -0.39 is 0 Å². The highest BCUT2D eigenvalue weighted by Crippen LogP contribution is 2.33. The van der Waals surface area contributed by atoms with Gasteiger partial charge in [-0.1, -0.05) is 23.2 Å². The number of furan rings is 1. The molecule has 18 heavy (non-hydrogen) atoms. The van der Waals surface area contributed by atoms with Crippen molar-refractivity contribution >= 4 is 34.2 Å². The maximum absolute atomic E-state index is 6.11. The summed E-state index contributed by atoms with van der Waals surface area (Å²) in [6, 6.07) is 5.55. The highest BCUT2D eigenvalue weighted by Gasteiger charge is 2.14. The number of fused-ring (bicyclic) bond motifs is 1. The molecule has 3 aromatic rings. The first-order valence-electron chi connectivity index (χ1n) is 5.51. The maximum Gasteiger partial charge on any atom is 0.153 e. The molecule has 0 aliphatic rings. The molecule has 0 unspecified atom stereocenters. The molecule has 1 atom stereocenters. The zero-order valence-electron chi connectivity index (χ0n) is 9.60. The minimum Gasteiger partial charge on any atom is -0.457 e. The van der Waals surface area contributed by atoms with Crippen LogP contribution in [0.1, 0.15) is 18.7 Å². The van der Waals surface area contributed by atoms with Crippen LogP contribution in [-0.2, 0) is 0 Å². The fourth-order valence-electron chi connectivity index (χ4n) is 1.95. The van der Waals surface area contributed by atoms with Crippen LogP contribution in [0.5, 0.6) is 0 Å². The zero-order chi connectivity index (χ0) is 12.7. The molecule has 0 saturated carbocycles. The van der Waals surface area contributed by atoms with E-state index in [9.17, 15) is 0 Å². The van der Waals surface area contributed by atoms with Crippen LogP contribution in [0.15, 0.2) is 41.3 Å². The van der Waals surface area contributed by atoms with Crippen LogP contribution in [0.3, 0.4) is 0 Å². The van der Waals surface area contributed by atoms with Gasteiger partial charge in [-0.3, -0.25) is 0 Å². The number of hydrogen-bond donors (Lipinski definition) is 0. The average Bonchev–Trinajstić information content (AvgIpc) is 2.96. The van der Waals surface area contributed by atoms with Crippen molar-refractivity contribution in [1.29, 1.82) is 0 Å². The zero-order valence-corrected chi connectivity index (χ0v) is 11.1. The van der Waals surface area contributed by atoms with Crippen LogP contribution in [0.2, 0.25) is 10.0 Å². The monoisotopic (exact) mass is 280 g/mol. The summed E-state index contributed by atoms with van der Waals surface area (Å²) < 4.78 is 7.77. The second kappa shape index (κ2) is 4.34. The number of aromatic nitrogens is 2. The Hall–Kier alpha value is -1.45. The first-order valence-corrected chi connectivity index (χ1v) is 6.26. The van der Waals surface area contributed by atoms with Crippen molar-refractivity contribution in [1.82, 2.24) is 9.55 Å². The summed E-state index contributed by atoms with van der Waals surface area (Å²) in [4.78, 5) is 4.03. The van der Waals surface area contributed by atoms with Crippen molar-refractivity contribution in [2.45, 2.75) is 13.0 Å². The Labute approximate surface area is 114 Å². The second-order valence-electron chi connectivity index (χ2n) is 4.14. The van der Waals surface area contributed by atoms with Gasteiger partial charge in [-0.25, -0.2) is 4.98 Å². The SMILES string of the molecule is C[C@H](c1cc2cc(Cl)cc(Cl)c2o1)n1ccnc1. The van der Waals surface area contributed by atoms with Crippen molar-refractivity contribution in [3.63, 3.8) is 0 Å². The molecule has 0 saturated heterocycles. The minimum atomic E-state index is 0.0646. The molecular weight excluding hydrogens is 271 g/mol. The molecule has 2 aromatic heterocycles. The predicted molar refractivity (Wildman–Crippen MR) is 72.3 cm³/mol. The van der Waals surface area contributed by atoms with Gasteiger partial charge in [0.2, 0.25) is 0 Å². The summed E-state index contributed by atoms with van der Waals surface area (Å²) in [5.74, 6) is 0.826. The summed E-state index contributed by atoms with van der Waals surface area (Å²) in [5, 5.41) is 2.05. The Bertz CT molecular complexity index is 688. The van der Waals surface area contributed by atoms with Gasteiger partial charge in [0.05, 0.1) is 17.4 Å². The van der Waals surface area contributed by atoms with Crippen molar-refractivity contribution in [2.75, 3.05) is 0 Å². The van der Waals surface area contributed by atoms with E-state index >= 15 is 0 Å². The molecule has 0 aliphatic carbocycles. The molecule has 3 nitrogen and oxygen atoms in total. The summed E-state index contributed by atoms with van der Waals surface area (Å²) in [6.07, 6.45) is 5.39. The molecule has 0 bridgehead atoms. The third-order valence-electron chi connectivity index (χ3n) is 2.94. The molecule has 0 amide bonds. The molecule has 0 fully saturated rings. The fourth-order valence-corrected chi connectivity index (χ4v) is 2.49. The second-order valence-corrected chi connectivity index (χ2v) is 4.98. The topological polar surface area (TPSA) is 31.0 Å². The number of imidazole rings is 1. The van der Waals surface area contributed by atoms with Gasteiger partial charge in [-0.2, -0.15) is 0 Å². The highest BCUT2D eigenvalue weighted by molar-refractivity contribution is 6.38. The van der Waals surface area contributed by atoms with Gasteiger partial charge >= 0.3 is 0 Å². The molecule has 0 aliphatic heterocycles. The Morgan fingerprint density at radius 3 is 2.83 bits per heavy atom. The quantitative estimate of drug-likeness (QED) is 0.690. The molecule has 1 aromatic carbocycles. The molecule has 92 valence electrons. The largest absolute Gasteiger partial charge is 0.457 e. The van der Waals surface area contributed by atoms with Gasteiger partial charge in [0.15, 0.2) is 5.58 Å². The number of benzene rings is 1.